The minimum Gasteiger partial charge on any atom is -0.372 e. The molecule has 0 aliphatic carbocycles. The van der Waals surface area contributed by atoms with Crippen molar-refractivity contribution < 1.29 is 0 Å². The number of hydrogen-bond donors (Lipinski definition) is 2. The Labute approximate surface area is 190 Å². The molecule has 1 fully saturated rings. The number of aliphatic imine (C=N–C) groups is 1. The first-order valence-corrected chi connectivity index (χ1v) is 10.9. The molecule has 2 N–H and O–H groups in total. The smallest absolute Gasteiger partial charge is 0.192 e. The molecule has 154 valence electrons. The van der Waals surface area contributed by atoms with E-state index in [1.807, 2.05) is 0 Å². The molecule has 0 radical (unpaired) electrons. The normalized spacial score (nSPS) is 15.2. The molecule has 28 heavy (non-hydrogen) atoms. The number of aryl methyl sites for hydroxylation is 1. The summed E-state index contributed by atoms with van der Waals surface area (Å²) in [5.74, 6) is 0.836. The maximum absolute atomic E-state index is 4.72. The molecule has 1 aliphatic rings. The fraction of sp³-hybridized carbons (Fsp3) is 0.524. The van der Waals surface area contributed by atoms with Crippen LogP contribution in [0.4, 0.5) is 5.69 Å². The third-order valence-corrected chi connectivity index (χ3v) is 5.88. The van der Waals surface area contributed by atoms with E-state index in [0.717, 1.165) is 24.6 Å². The van der Waals surface area contributed by atoms with E-state index >= 15 is 0 Å². The van der Waals surface area contributed by atoms with Crippen LogP contribution in [-0.2, 0) is 13.0 Å². The third kappa shape index (κ3) is 6.34. The molecule has 1 aromatic heterocycles. The number of thiazole rings is 1. The summed E-state index contributed by atoms with van der Waals surface area (Å²) in [5, 5.41) is 10.2. The van der Waals surface area contributed by atoms with Crippen LogP contribution in [0.25, 0.3) is 0 Å². The van der Waals surface area contributed by atoms with E-state index in [2.05, 4.69) is 70.9 Å². The van der Waals surface area contributed by atoms with Crippen molar-refractivity contribution in [1.82, 2.24) is 15.6 Å². The van der Waals surface area contributed by atoms with Crippen molar-refractivity contribution in [3.63, 3.8) is 0 Å². The van der Waals surface area contributed by atoms with Gasteiger partial charge in [0, 0.05) is 30.7 Å². The van der Waals surface area contributed by atoms with E-state index in [0.29, 0.717) is 6.54 Å². The van der Waals surface area contributed by atoms with E-state index < -0.39 is 0 Å². The summed E-state index contributed by atoms with van der Waals surface area (Å²) in [5.41, 5.74) is 3.65. The number of benzene rings is 1. The number of anilines is 1. The van der Waals surface area contributed by atoms with Crippen molar-refractivity contribution in [2.75, 3.05) is 24.5 Å². The van der Waals surface area contributed by atoms with Gasteiger partial charge in [-0.25, -0.2) is 9.98 Å². The first kappa shape index (κ1) is 22.9. The zero-order chi connectivity index (χ0) is 19.1. The zero-order valence-corrected chi connectivity index (χ0v) is 20.2. The summed E-state index contributed by atoms with van der Waals surface area (Å²) in [6, 6.07) is 9.06. The summed E-state index contributed by atoms with van der Waals surface area (Å²) in [6.45, 7) is 10.2. The molecular weight excluding hydrogens is 481 g/mol. The molecule has 2 aromatic rings. The lowest BCUT2D eigenvalue weighted by molar-refractivity contribution is 0.685. The van der Waals surface area contributed by atoms with Crippen LogP contribution in [0.15, 0.2) is 34.6 Å². The Bertz CT molecular complexity index is 755. The fourth-order valence-electron chi connectivity index (χ4n) is 3.32. The van der Waals surface area contributed by atoms with Crippen LogP contribution >= 0.6 is 35.3 Å². The van der Waals surface area contributed by atoms with Gasteiger partial charge in [-0.15, -0.1) is 35.3 Å². The molecular formula is C21H32IN5S. The molecule has 0 bridgehead atoms. The number of hydrogen-bond acceptors (Lipinski definition) is 4. The molecule has 0 spiro atoms. The lowest BCUT2D eigenvalue weighted by Gasteiger charge is -2.22. The second-order valence-electron chi connectivity index (χ2n) is 6.94. The molecule has 1 unspecified atom stereocenters. The Hall–Kier alpha value is -1.35. The summed E-state index contributed by atoms with van der Waals surface area (Å²) in [6.07, 6.45) is 3.58. The minimum atomic E-state index is 0. The van der Waals surface area contributed by atoms with E-state index in [1.54, 1.807) is 11.3 Å². The first-order valence-electron chi connectivity index (χ1n) is 10.0. The fourth-order valence-corrected chi connectivity index (χ4v) is 4.05. The highest BCUT2D eigenvalue weighted by Crippen LogP contribution is 2.24. The maximum Gasteiger partial charge on any atom is 0.192 e. The molecule has 1 aliphatic heterocycles. The van der Waals surface area contributed by atoms with E-state index in [4.69, 9.17) is 4.99 Å². The largest absolute Gasteiger partial charge is 0.372 e. The summed E-state index contributed by atoms with van der Waals surface area (Å²) in [7, 11) is 0. The lowest BCUT2D eigenvalue weighted by atomic mass is 10.1. The quantitative estimate of drug-likeness (QED) is 0.319. The number of halogens is 1. The molecule has 7 heteroatoms. The van der Waals surface area contributed by atoms with Crippen LogP contribution in [0.1, 0.15) is 55.9 Å². The van der Waals surface area contributed by atoms with Crippen molar-refractivity contribution in [1.29, 1.82) is 0 Å². The van der Waals surface area contributed by atoms with Gasteiger partial charge in [0.2, 0.25) is 0 Å². The van der Waals surface area contributed by atoms with Crippen molar-refractivity contribution in [3.8, 4) is 0 Å². The average Bonchev–Trinajstić information content (AvgIpc) is 3.38. The summed E-state index contributed by atoms with van der Waals surface area (Å²) < 4.78 is 0. The Morgan fingerprint density at radius 2 is 2.07 bits per heavy atom. The van der Waals surface area contributed by atoms with Crippen LogP contribution in [0, 0.1) is 0 Å². The van der Waals surface area contributed by atoms with Crippen LogP contribution in [0.5, 0.6) is 0 Å². The third-order valence-electron chi connectivity index (χ3n) is 4.84. The summed E-state index contributed by atoms with van der Waals surface area (Å²) >= 11 is 1.71. The zero-order valence-electron chi connectivity index (χ0n) is 17.1. The number of rotatable bonds is 7. The van der Waals surface area contributed by atoms with Gasteiger partial charge >= 0.3 is 0 Å². The van der Waals surface area contributed by atoms with Crippen LogP contribution in [0.3, 0.4) is 0 Å². The van der Waals surface area contributed by atoms with Gasteiger partial charge in [-0.1, -0.05) is 19.1 Å². The molecule has 3 rings (SSSR count). The molecule has 5 nitrogen and oxygen atoms in total. The van der Waals surface area contributed by atoms with E-state index in [1.165, 1.54) is 42.2 Å². The molecule has 0 saturated carbocycles. The monoisotopic (exact) mass is 513 g/mol. The Morgan fingerprint density at radius 1 is 1.29 bits per heavy atom. The number of guanidine groups is 1. The van der Waals surface area contributed by atoms with Gasteiger partial charge in [-0.3, -0.25) is 0 Å². The number of nitrogens with one attached hydrogen (secondary N) is 2. The Kier molecular flexibility index (Phi) is 9.50. The van der Waals surface area contributed by atoms with Gasteiger partial charge in [-0.2, -0.15) is 0 Å². The van der Waals surface area contributed by atoms with Crippen molar-refractivity contribution >= 4 is 47.0 Å². The van der Waals surface area contributed by atoms with Gasteiger partial charge in [0.15, 0.2) is 5.96 Å². The topological polar surface area (TPSA) is 52.6 Å². The van der Waals surface area contributed by atoms with Crippen molar-refractivity contribution in [3.05, 3.63) is 45.9 Å². The van der Waals surface area contributed by atoms with Crippen LogP contribution < -0.4 is 15.5 Å². The van der Waals surface area contributed by atoms with Gasteiger partial charge in [-0.05, 0) is 50.8 Å². The van der Waals surface area contributed by atoms with Crippen LogP contribution in [-0.4, -0.2) is 30.6 Å². The molecule has 1 aromatic carbocycles. The Morgan fingerprint density at radius 3 is 2.75 bits per heavy atom. The second-order valence-corrected chi connectivity index (χ2v) is 7.88. The summed E-state index contributed by atoms with van der Waals surface area (Å²) in [4.78, 5) is 11.8. The number of nitrogens with zero attached hydrogens (tertiary/aromatic N) is 3. The van der Waals surface area contributed by atoms with Crippen molar-refractivity contribution in [2.24, 2.45) is 4.99 Å². The Balaban J connectivity index is 0.00000280. The molecule has 1 saturated heterocycles. The average molecular weight is 513 g/mol. The predicted octanol–water partition coefficient (Wildman–Crippen LogP) is 4.74. The van der Waals surface area contributed by atoms with Gasteiger partial charge < -0.3 is 15.5 Å². The van der Waals surface area contributed by atoms with E-state index in [-0.39, 0.29) is 30.0 Å². The highest BCUT2D eigenvalue weighted by atomic mass is 127. The SMILES string of the molecule is CCNC(=NCc1csc(CC)n1)NC(C)c1cccc(N2CCCC2)c1.I. The highest BCUT2D eigenvalue weighted by molar-refractivity contribution is 14.0. The van der Waals surface area contributed by atoms with Gasteiger partial charge in [0.25, 0.3) is 0 Å². The van der Waals surface area contributed by atoms with Crippen molar-refractivity contribution in [2.45, 2.75) is 52.6 Å². The lowest BCUT2D eigenvalue weighted by Crippen LogP contribution is -2.38. The second kappa shape index (κ2) is 11.6. The first-order chi connectivity index (χ1) is 13.2. The van der Waals surface area contributed by atoms with Crippen LogP contribution in [0.2, 0.25) is 0 Å². The molecule has 0 amide bonds. The maximum atomic E-state index is 4.72. The minimum absolute atomic E-state index is 0. The van der Waals surface area contributed by atoms with Gasteiger partial charge in [0.05, 0.1) is 23.3 Å². The van der Waals surface area contributed by atoms with Gasteiger partial charge in [0.1, 0.15) is 0 Å². The number of aromatic nitrogens is 1. The molecule has 1 atom stereocenters. The molecule has 2 heterocycles. The predicted molar refractivity (Wildman–Crippen MR) is 131 cm³/mol. The van der Waals surface area contributed by atoms with E-state index in [9.17, 15) is 0 Å². The standard InChI is InChI=1S/C21H31N5S.HI/c1-4-20-25-18(15-27-20)14-23-21(22-5-2)24-16(3)17-9-8-10-19(13-17)26-11-6-7-12-26;/h8-10,13,15-16H,4-7,11-12,14H2,1-3H3,(H2,22,23,24);1H. The highest BCUT2D eigenvalue weighted by Gasteiger charge is 2.14.